The van der Waals surface area contributed by atoms with E-state index in [2.05, 4.69) is 18.0 Å². The molecule has 0 saturated carbocycles. The molecule has 2 aromatic rings. The number of hydrogen-bond donors (Lipinski definition) is 0. The van der Waals surface area contributed by atoms with Crippen molar-refractivity contribution in [2.75, 3.05) is 0 Å². The Morgan fingerprint density at radius 3 is 3.00 bits per heavy atom. The van der Waals surface area contributed by atoms with E-state index in [0.717, 1.165) is 30.6 Å². The third-order valence-electron chi connectivity index (χ3n) is 2.73. The van der Waals surface area contributed by atoms with Crippen LogP contribution in [0.4, 0.5) is 0 Å². The SMILES string of the molecule is CCCc1nccn1-c1ccc(C=O)cc1C#N. The molecule has 0 radical (unpaired) electrons. The lowest BCUT2D eigenvalue weighted by Gasteiger charge is -2.09. The smallest absolute Gasteiger partial charge is 0.150 e. The molecular weight excluding hydrogens is 226 g/mol. The third-order valence-corrected chi connectivity index (χ3v) is 2.73. The maximum Gasteiger partial charge on any atom is 0.150 e. The summed E-state index contributed by atoms with van der Waals surface area (Å²) < 4.78 is 1.90. The van der Waals surface area contributed by atoms with Gasteiger partial charge in [0, 0.05) is 24.4 Å². The molecule has 0 bridgehead atoms. The van der Waals surface area contributed by atoms with Gasteiger partial charge in [0.1, 0.15) is 18.2 Å². The maximum absolute atomic E-state index is 10.7. The molecule has 90 valence electrons. The van der Waals surface area contributed by atoms with E-state index in [4.69, 9.17) is 5.26 Å². The van der Waals surface area contributed by atoms with Gasteiger partial charge in [-0.25, -0.2) is 4.98 Å². The van der Waals surface area contributed by atoms with Crippen LogP contribution >= 0.6 is 0 Å². The first-order valence-corrected chi connectivity index (χ1v) is 5.82. The van der Waals surface area contributed by atoms with Crippen LogP contribution in [0.1, 0.15) is 35.1 Å². The second-order valence-electron chi connectivity index (χ2n) is 3.97. The number of hydrogen-bond acceptors (Lipinski definition) is 3. The second-order valence-corrected chi connectivity index (χ2v) is 3.97. The molecule has 0 aliphatic carbocycles. The fourth-order valence-corrected chi connectivity index (χ4v) is 1.89. The van der Waals surface area contributed by atoms with E-state index in [9.17, 15) is 4.79 Å². The first-order chi connectivity index (χ1) is 8.80. The van der Waals surface area contributed by atoms with Gasteiger partial charge in [-0.05, 0) is 24.6 Å². The lowest BCUT2D eigenvalue weighted by molar-refractivity contribution is 0.112. The van der Waals surface area contributed by atoms with Crippen molar-refractivity contribution in [3.63, 3.8) is 0 Å². The summed E-state index contributed by atoms with van der Waals surface area (Å²) in [6.07, 6.45) is 6.14. The van der Waals surface area contributed by atoms with Crippen LogP contribution in [0.5, 0.6) is 0 Å². The fourth-order valence-electron chi connectivity index (χ4n) is 1.89. The van der Waals surface area contributed by atoms with E-state index >= 15 is 0 Å². The number of rotatable bonds is 4. The number of nitrogens with zero attached hydrogens (tertiary/aromatic N) is 3. The Hall–Kier alpha value is -2.41. The number of aryl methyl sites for hydroxylation is 1. The van der Waals surface area contributed by atoms with Crippen LogP contribution in [-0.2, 0) is 6.42 Å². The van der Waals surface area contributed by atoms with Crippen LogP contribution < -0.4 is 0 Å². The van der Waals surface area contributed by atoms with E-state index < -0.39 is 0 Å². The standard InChI is InChI=1S/C14H13N3O/c1-2-3-14-16-6-7-17(14)13-5-4-11(10-18)8-12(13)9-15/h4-8,10H,2-3H2,1H3. The third kappa shape index (κ3) is 2.16. The Labute approximate surface area is 106 Å². The van der Waals surface area contributed by atoms with Gasteiger partial charge in [-0.3, -0.25) is 4.79 Å². The molecule has 1 aromatic carbocycles. The predicted octanol–water partition coefficient (Wildman–Crippen LogP) is 2.51. The minimum absolute atomic E-state index is 0.481. The van der Waals surface area contributed by atoms with Gasteiger partial charge < -0.3 is 4.57 Å². The van der Waals surface area contributed by atoms with Crippen molar-refractivity contribution in [3.8, 4) is 11.8 Å². The molecule has 0 unspecified atom stereocenters. The van der Waals surface area contributed by atoms with Crippen molar-refractivity contribution in [1.29, 1.82) is 5.26 Å². The van der Waals surface area contributed by atoms with Crippen molar-refractivity contribution in [3.05, 3.63) is 47.5 Å². The summed E-state index contributed by atoms with van der Waals surface area (Å²) in [4.78, 5) is 15.0. The largest absolute Gasteiger partial charge is 0.302 e. The van der Waals surface area contributed by atoms with Gasteiger partial charge in [-0.15, -0.1) is 0 Å². The van der Waals surface area contributed by atoms with Crippen molar-refractivity contribution >= 4 is 6.29 Å². The minimum atomic E-state index is 0.481. The Morgan fingerprint density at radius 1 is 1.50 bits per heavy atom. The molecule has 0 aliphatic heterocycles. The number of aromatic nitrogens is 2. The molecule has 0 amide bonds. The average Bonchev–Trinajstić information content (AvgIpc) is 2.86. The molecule has 4 heteroatoms. The van der Waals surface area contributed by atoms with E-state index in [1.807, 2.05) is 10.8 Å². The number of carbonyl (C=O) groups excluding carboxylic acids is 1. The van der Waals surface area contributed by atoms with Crippen LogP contribution in [0, 0.1) is 11.3 Å². The number of imidazole rings is 1. The summed E-state index contributed by atoms with van der Waals surface area (Å²) in [5.41, 5.74) is 1.76. The summed E-state index contributed by atoms with van der Waals surface area (Å²) in [5.74, 6) is 0.924. The minimum Gasteiger partial charge on any atom is -0.302 e. The summed E-state index contributed by atoms with van der Waals surface area (Å²) in [6.45, 7) is 2.08. The molecule has 0 atom stereocenters. The van der Waals surface area contributed by atoms with Gasteiger partial charge in [-0.1, -0.05) is 6.92 Å². The maximum atomic E-state index is 10.7. The number of aldehydes is 1. The lowest BCUT2D eigenvalue weighted by atomic mass is 10.1. The summed E-state index contributed by atoms with van der Waals surface area (Å²) in [6, 6.07) is 7.20. The molecule has 0 fully saturated rings. The highest BCUT2D eigenvalue weighted by atomic mass is 16.1. The topological polar surface area (TPSA) is 58.7 Å². The van der Waals surface area contributed by atoms with Crippen molar-refractivity contribution < 1.29 is 4.79 Å². The van der Waals surface area contributed by atoms with Gasteiger partial charge >= 0.3 is 0 Å². The zero-order valence-electron chi connectivity index (χ0n) is 10.1. The van der Waals surface area contributed by atoms with E-state index in [1.165, 1.54) is 0 Å². The predicted molar refractivity (Wildman–Crippen MR) is 67.7 cm³/mol. The summed E-state index contributed by atoms with van der Waals surface area (Å²) in [7, 11) is 0. The van der Waals surface area contributed by atoms with E-state index in [-0.39, 0.29) is 0 Å². The van der Waals surface area contributed by atoms with Gasteiger partial charge in [0.25, 0.3) is 0 Å². The van der Waals surface area contributed by atoms with Gasteiger partial charge in [0.05, 0.1) is 11.3 Å². The van der Waals surface area contributed by atoms with Crippen LogP contribution in [0.3, 0.4) is 0 Å². The fraction of sp³-hybridized carbons (Fsp3) is 0.214. The molecular formula is C14H13N3O. The highest BCUT2D eigenvalue weighted by molar-refractivity contribution is 5.76. The second kappa shape index (κ2) is 5.28. The zero-order valence-corrected chi connectivity index (χ0v) is 10.1. The van der Waals surface area contributed by atoms with Gasteiger partial charge in [0.2, 0.25) is 0 Å². The molecule has 0 saturated heterocycles. The number of carbonyl (C=O) groups is 1. The first kappa shape index (κ1) is 12.1. The molecule has 4 nitrogen and oxygen atoms in total. The summed E-state index contributed by atoms with van der Waals surface area (Å²) >= 11 is 0. The quantitative estimate of drug-likeness (QED) is 0.770. The molecule has 1 aromatic heterocycles. The van der Waals surface area contributed by atoms with Crippen LogP contribution in [0.2, 0.25) is 0 Å². The van der Waals surface area contributed by atoms with E-state index in [0.29, 0.717) is 11.1 Å². The molecule has 2 rings (SSSR count). The molecule has 18 heavy (non-hydrogen) atoms. The Bertz CT molecular complexity index is 608. The normalized spacial score (nSPS) is 10.0. The molecule has 1 heterocycles. The Balaban J connectivity index is 2.53. The highest BCUT2D eigenvalue weighted by Crippen LogP contribution is 2.18. The average molecular weight is 239 g/mol. The number of nitriles is 1. The van der Waals surface area contributed by atoms with Gasteiger partial charge in [0.15, 0.2) is 0 Å². The van der Waals surface area contributed by atoms with Crippen LogP contribution in [0.15, 0.2) is 30.6 Å². The Morgan fingerprint density at radius 2 is 2.33 bits per heavy atom. The van der Waals surface area contributed by atoms with Crippen molar-refractivity contribution in [2.24, 2.45) is 0 Å². The molecule has 0 aliphatic rings. The Kier molecular flexibility index (Phi) is 3.54. The lowest BCUT2D eigenvalue weighted by Crippen LogP contribution is -2.03. The monoisotopic (exact) mass is 239 g/mol. The highest BCUT2D eigenvalue weighted by Gasteiger charge is 2.09. The molecule has 0 spiro atoms. The number of benzene rings is 1. The van der Waals surface area contributed by atoms with Crippen LogP contribution in [0.25, 0.3) is 5.69 Å². The first-order valence-electron chi connectivity index (χ1n) is 5.82. The van der Waals surface area contributed by atoms with Crippen LogP contribution in [-0.4, -0.2) is 15.8 Å². The van der Waals surface area contributed by atoms with Crippen molar-refractivity contribution in [1.82, 2.24) is 9.55 Å². The molecule has 0 N–H and O–H groups in total. The van der Waals surface area contributed by atoms with Gasteiger partial charge in [-0.2, -0.15) is 5.26 Å². The van der Waals surface area contributed by atoms with Crippen molar-refractivity contribution in [2.45, 2.75) is 19.8 Å². The van der Waals surface area contributed by atoms with E-state index in [1.54, 1.807) is 24.4 Å². The zero-order chi connectivity index (χ0) is 13.0. The summed E-state index contributed by atoms with van der Waals surface area (Å²) in [5, 5.41) is 9.16.